The average molecular weight is 246 g/mol. The fraction of sp³-hybridized carbons (Fsp3) is 0.200. The molecule has 0 aliphatic rings. The van der Waals surface area contributed by atoms with Crippen LogP contribution in [0.4, 0.5) is 0 Å². The summed E-state index contributed by atoms with van der Waals surface area (Å²) < 4.78 is 0. The Morgan fingerprint density at radius 1 is 1.29 bits per heavy atom. The Bertz CT molecular complexity index is 308. The number of phenolic OH excluding ortho intramolecular Hbond substituents is 1. The van der Waals surface area contributed by atoms with Gasteiger partial charge in [-0.3, -0.25) is 0 Å². The second-order valence-electron chi connectivity index (χ2n) is 2.72. The molecule has 0 radical (unpaired) electrons. The van der Waals surface area contributed by atoms with Gasteiger partial charge in [0.15, 0.2) is 0 Å². The molecular weight excluding hydrogens is 232 g/mol. The van der Waals surface area contributed by atoms with E-state index in [1.54, 1.807) is 6.07 Å². The van der Waals surface area contributed by atoms with Gasteiger partial charge >= 0.3 is 0 Å². The first-order valence-electron chi connectivity index (χ1n) is 3.91. The second kappa shape index (κ2) is 6.32. The van der Waals surface area contributed by atoms with Crippen molar-refractivity contribution >= 4 is 37.9 Å². The van der Waals surface area contributed by atoms with Gasteiger partial charge in [-0.1, -0.05) is 6.58 Å². The molecule has 14 heavy (non-hydrogen) atoms. The molecule has 0 fully saturated rings. The van der Waals surface area contributed by atoms with Crippen LogP contribution in [0.3, 0.4) is 0 Å². The SMILES string of the molecule is C=CS.Cc1cc(O)c(C)c(S)c1S. The first-order valence-corrected chi connectivity index (χ1v) is 5.33. The van der Waals surface area contributed by atoms with Crippen LogP contribution >= 0.6 is 37.9 Å². The standard InChI is InChI=1S/C8H10OS2.C2H4S/c1-4-3-6(9)5(2)8(11)7(4)10;1-2-3/h3,9-11H,1-2H3;2-3H,1H2. The first kappa shape index (κ1) is 13.8. The Labute approximate surface area is 101 Å². The summed E-state index contributed by atoms with van der Waals surface area (Å²) >= 11 is 12.0. The molecule has 1 nitrogen and oxygen atoms in total. The van der Waals surface area contributed by atoms with Crippen molar-refractivity contribution in [3.05, 3.63) is 29.2 Å². The third kappa shape index (κ3) is 3.52. The summed E-state index contributed by atoms with van der Waals surface area (Å²) in [5.41, 5.74) is 1.73. The highest BCUT2D eigenvalue weighted by Crippen LogP contribution is 2.31. The van der Waals surface area contributed by atoms with Crippen molar-refractivity contribution in [3.8, 4) is 5.75 Å². The van der Waals surface area contributed by atoms with Gasteiger partial charge in [-0.25, -0.2) is 0 Å². The van der Waals surface area contributed by atoms with Gasteiger partial charge in [0.25, 0.3) is 0 Å². The zero-order valence-electron chi connectivity index (χ0n) is 8.15. The fourth-order valence-electron chi connectivity index (χ4n) is 0.867. The first-order chi connectivity index (χ1) is 6.45. The topological polar surface area (TPSA) is 20.2 Å². The van der Waals surface area contributed by atoms with Gasteiger partial charge in [-0.05, 0) is 30.9 Å². The predicted molar refractivity (Wildman–Crippen MR) is 71.3 cm³/mol. The minimum absolute atomic E-state index is 0.283. The molecule has 0 amide bonds. The average Bonchev–Trinajstić information content (AvgIpc) is 2.13. The molecule has 0 aliphatic heterocycles. The van der Waals surface area contributed by atoms with E-state index < -0.39 is 0 Å². The summed E-state index contributed by atoms with van der Waals surface area (Å²) in [5.74, 6) is 0.283. The molecule has 0 aromatic heterocycles. The van der Waals surface area contributed by atoms with Gasteiger partial charge in [-0.15, -0.1) is 25.3 Å². The Morgan fingerprint density at radius 3 is 2.14 bits per heavy atom. The summed E-state index contributed by atoms with van der Waals surface area (Å²) in [6.07, 6.45) is 0. The van der Waals surface area contributed by atoms with E-state index in [0.29, 0.717) is 0 Å². The maximum Gasteiger partial charge on any atom is 0.119 e. The predicted octanol–water partition coefficient (Wildman–Crippen LogP) is 3.65. The summed E-state index contributed by atoms with van der Waals surface area (Å²) in [7, 11) is 0. The highest BCUT2D eigenvalue weighted by Gasteiger charge is 2.06. The summed E-state index contributed by atoms with van der Waals surface area (Å²) in [6.45, 7) is 6.93. The molecule has 78 valence electrons. The maximum atomic E-state index is 9.32. The van der Waals surface area contributed by atoms with E-state index >= 15 is 0 Å². The van der Waals surface area contributed by atoms with Crippen molar-refractivity contribution in [3.63, 3.8) is 0 Å². The number of aromatic hydroxyl groups is 1. The Kier molecular flexibility index (Phi) is 6.24. The number of hydrogen-bond donors (Lipinski definition) is 4. The van der Waals surface area contributed by atoms with Gasteiger partial charge < -0.3 is 5.11 Å². The van der Waals surface area contributed by atoms with Crippen LogP contribution in [0.5, 0.6) is 5.75 Å². The molecule has 0 saturated carbocycles. The van der Waals surface area contributed by atoms with E-state index in [-0.39, 0.29) is 5.75 Å². The minimum atomic E-state index is 0.283. The number of benzene rings is 1. The maximum absolute atomic E-state index is 9.32. The van der Waals surface area contributed by atoms with Crippen LogP contribution in [0.1, 0.15) is 11.1 Å². The fourth-order valence-corrected chi connectivity index (χ4v) is 1.39. The number of aryl methyl sites for hydroxylation is 1. The van der Waals surface area contributed by atoms with E-state index in [0.717, 1.165) is 20.9 Å². The van der Waals surface area contributed by atoms with Crippen molar-refractivity contribution < 1.29 is 5.11 Å². The Balaban J connectivity index is 0.000000500. The molecule has 0 heterocycles. The second-order valence-corrected chi connectivity index (χ2v) is 3.98. The van der Waals surface area contributed by atoms with Gasteiger partial charge in [0.2, 0.25) is 0 Å². The van der Waals surface area contributed by atoms with Crippen LogP contribution in [0.25, 0.3) is 0 Å². The van der Waals surface area contributed by atoms with Crippen LogP contribution < -0.4 is 0 Å². The lowest BCUT2D eigenvalue weighted by molar-refractivity contribution is 0.467. The van der Waals surface area contributed by atoms with Crippen molar-refractivity contribution in [2.45, 2.75) is 23.6 Å². The highest BCUT2D eigenvalue weighted by molar-refractivity contribution is 7.83. The summed E-state index contributed by atoms with van der Waals surface area (Å²) in [5, 5.41) is 10.8. The molecule has 0 saturated heterocycles. The minimum Gasteiger partial charge on any atom is -0.508 e. The smallest absolute Gasteiger partial charge is 0.119 e. The zero-order chi connectivity index (χ0) is 11.3. The number of thiol groups is 3. The molecule has 1 aromatic carbocycles. The van der Waals surface area contributed by atoms with E-state index in [2.05, 4.69) is 44.5 Å². The lowest BCUT2D eigenvalue weighted by atomic mass is 10.1. The highest BCUT2D eigenvalue weighted by atomic mass is 32.1. The third-order valence-electron chi connectivity index (χ3n) is 1.69. The summed E-state index contributed by atoms with van der Waals surface area (Å²) in [6, 6.07) is 1.69. The van der Waals surface area contributed by atoms with E-state index in [1.807, 2.05) is 13.8 Å². The quantitative estimate of drug-likeness (QED) is 0.515. The van der Waals surface area contributed by atoms with E-state index in [9.17, 15) is 5.11 Å². The van der Waals surface area contributed by atoms with Crippen LogP contribution in [0, 0.1) is 13.8 Å². The molecule has 1 aromatic rings. The molecule has 0 bridgehead atoms. The van der Waals surface area contributed by atoms with Gasteiger partial charge in [0, 0.05) is 15.4 Å². The van der Waals surface area contributed by atoms with E-state index in [4.69, 9.17) is 0 Å². The lowest BCUT2D eigenvalue weighted by Crippen LogP contribution is -1.84. The Morgan fingerprint density at radius 2 is 1.71 bits per heavy atom. The third-order valence-corrected chi connectivity index (χ3v) is 3.00. The number of hydrogen-bond acceptors (Lipinski definition) is 4. The molecule has 0 atom stereocenters. The van der Waals surface area contributed by atoms with Crippen molar-refractivity contribution in [1.82, 2.24) is 0 Å². The Hall–Kier alpha value is -0.190. The van der Waals surface area contributed by atoms with Crippen LogP contribution in [-0.4, -0.2) is 5.11 Å². The zero-order valence-corrected chi connectivity index (χ0v) is 10.8. The normalized spacial score (nSPS) is 8.93. The van der Waals surface area contributed by atoms with E-state index in [1.165, 1.54) is 5.41 Å². The number of rotatable bonds is 0. The van der Waals surface area contributed by atoms with Crippen LogP contribution in [0.2, 0.25) is 0 Å². The van der Waals surface area contributed by atoms with Gasteiger partial charge in [-0.2, -0.15) is 12.6 Å². The monoisotopic (exact) mass is 246 g/mol. The van der Waals surface area contributed by atoms with Gasteiger partial charge in [0.05, 0.1) is 0 Å². The molecule has 1 rings (SSSR count). The largest absolute Gasteiger partial charge is 0.508 e. The lowest BCUT2D eigenvalue weighted by Gasteiger charge is -2.07. The number of phenols is 1. The van der Waals surface area contributed by atoms with Crippen LogP contribution in [0.15, 0.2) is 27.8 Å². The molecular formula is C10H14OS3. The molecule has 4 heteroatoms. The van der Waals surface area contributed by atoms with Crippen molar-refractivity contribution in [1.29, 1.82) is 0 Å². The molecule has 0 unspecified atom stereocenters. The molecule has 1 N–H and O–H groups in total. The van der Waals surface area contributed by atoms with Crippen LogP contribution in [-0.2, 0) is 0 Å². The van der Waals surface area contributed by atoms with Gasteiger partial charge in [0.1, 0.15) is 5.75 Å². The molecule has 0 aliphatic carbocycles. The van der Waals surface area contributed by atoms with Crippen molar-refractivity contribution in [2.75, 3.05) is 0 Å². The summed E-state index contributed by atoms with van der Waals surface area (Å²) in [4.78, 5) is 1.59. The molecule has 0 spiro atoms. The van der Waals surface area contributed by atoms with Crippen molar-refractivity contribution in [2.24, 2.45) is 0 Å².